The number of rotatable bonds is 8. The van der Waals surface area contributed by atoms with E-state index in [4.69, 9.17) is 25.8 Å². The second kappa shape index (κ2) is 11.7. The molecule has 0 spiro atoms. The van der Waals surface area contributed by atoms with E-state index in [9.17, 15) is 14.4 Å². The van der Waals surface area contributed by atoms with Crippen molar-refractivity contribution in [2.45, 2.75) is 39.0 Å². The highest BCUT2D eigenvalue weighted by atomic mass is 35.5. The molecule has 0 radical (unpaired) electrons. The summed E-state index contributed by atoms with van der Waals surface area (Å²) < 4.78 is 15.9. The van der Waals surface area contributed by atoms with E-state index in [1.54, 1.807) is 25.1 Å². The molecule has 2 N–H and O–H groups in total. The maximum Gasteiger partial charge on any atom is 0.340 e. The van der Waals surface area contributed by atoms with E-state index in [1.807, 2.05) is 0 Å². The third-order valence-corrected chi connectivity index (χ3v) is 6.26. The summed E-state index contributed by atoms with van der Waals surface area (Å²) >= 11 is 6.08. The second-order valence-electron chi connectivity index (χ2n) is 8.11. The van der Waals surface area contributed by atoms with Crippen LogP contribution in [0.4, 0.5) is 11.4 Å². The van der Waals surface area contributed by atoms with Gasteiger partial charge in [0, 0.05) is 28.8 Å². The Labute approximate surface area is 203 Å². The molecule has 0 bridgehead atoms. The number of ether oxygens (including phenoxy) is 3. The van der Waals surface area contributed by atoms with Crippen molar-refractivity contribution < 1.29 is 28.6 Å². The van der Waals surface area contributed by atoms with Crippen LogP contribution in [0.2, 0.25) is 5.02 Å². The molecule has 1 saturated carbocycles. The Hall–Kier alpha value is -3.26. The van der Waals surface area contributed by atoms with Crippen LogP contribution >= 0.6 is 11.6 Å². The lowest BCUT2D eigenvalue weighted by Crippen LogP contribution is -2.26. The molecule has 0 unspecified atom stereocenters. The molecular weight excluding hydrogens is 460 g/mol. The minimum atomic E-state index is -0.780. The van der Waals surface area contributed by atoms with Gasteiger partial charge in [-0.05, 0) is 37.5 Å². The number of carbonyl (C=O) groups excluding carboxylic acids is 3. The quantitative estimate of drug-likeness (QED) is 0.508. The minimum absolute atomic E-state index is 0.0635. The van der Waals surface area contributed by atoms with Crippen molar-refractivity contribution in [1.29, 1.82) is 0 Å². The minimum Gasteiger partial charge on any atom is -0.493 e. The van der Waals surface area contributed by atoms with Crippen molar-refractivity contribution in [2.75, 3.05) is 31.5 Å². The summed E-state index contributed by atoms with van der Waals surface area (Å²) in [7, 11) is 2.90. The van der Waals surface area contributed by atoms with Gasteiger partial charge in [-0.25, -0.2) is 4.79 Å². The number of benzene rings is 2. The van der Waals surface area contributed by atoms with Crippen LogP contribution in [0, 0.1) is 12.8 Å². The number of halogens is 1. The van der Waals surface area contributed by atoms with Gasteiger partial charge in [-0.15, -0.1) is 0 Å². The standard InChI is InChI=1S/C25H29ClN2O6/c1-15-18(26)10-7-11-19(15)27-23(29)14-34-25(31)17-12-21(32-2)22(33-3)13-20(17)28-24(30)16-8-5-4-6-9-16/h7,10-13,16H,4-6,8-9,14H2,1-3H3,(H,27,29)(H,28,30). The lowest BCUT2D eigenvalue weighted by atomic mass is 9.88. The second-order valence-corrected chi connectivity index (χ2v) is 8.52. The van der Waals surface area contributed by atoms with Crippen LogP contribution in [0.3, 0.4) is 0 Å². The van der Waals surface area contributed by atoms with E-state index in [2.05, 4.69) is 10.6 Å². The van der Waals surface area contributed by atoms with Crippen molar-refractivity contribution in [3.8, 4) is 11.5 Å². The molecule has 0 heterocycles. The highest BCUT2D eigenvalue weighted by Gasteiger charge is 2.25. The Kier molecular flexibility index (Phi) is 8.76. The zero-order chi connectivity index (χ0) is 24.7. The number of amides is 2. The SMILES string of the molecule is COc1cc(NC(=O)C2CCCCC2)c(C(=O)OCC(=O)Nc2cccc(Cl)c2C)cc1OC. The van der Waals surface area contributed by atoms with E-state index in [1.165, 1.54) is 26.4 Å². The van der Waals surface area contributed by atoms with Gasteiger partial charge >= 0.3 is 5.97 Å². The van der Waals surface area contributed by atoms with Crippen molar-refractivity contribution >= 4 is 40.8 Å². The molecule has 34 heavy (non-hydrogen) atoms. The lowest BCUT2D eigenvalue weighted by molar-refractivity contribution is -0.121. The molecule has 2 aromatic carbocycles. The van der Waals surface area contributed by atoms with Gasteiger partial charge in [0.15, 0.2) is 18.1 Å². The molecule has 0 saturated heterocycles. The largest absolute Gasteiger partial charge is 0.493 e. The molecule has 182 valence electrons. The molecule has 1 fully saturated rings. The van der Waals surface area contributed by atoms with Crippen LogP contribution in [0.15, 0.2) is 30.3 Å². The number of esters is 1. The molecule has 8 nitrogen and oxygen atoms in total. The van der Waals surface area contributed by atoms with E-state index in [-0.39, 0.29) is 23.1 Å². The maximum atomic E-state index is 12.9. The number of hydrogen-bond donors (Lipinski definition) is 2. The zero-order valence-electron chi connectivity index (χ0n) is 19.5. The van der Waals surface area contributed by atoms with Crippen LogP contribution in [0.25, 0.3) is 0 Å². The summed E-state index contributed by atoms with van der Waals surface area (Å²) in [5, 5.41) is 6.02. The van der Waals surface area contributed by atoms with E-state index in [0.29, 0.717) is 27.8 Å². The van der Waals surface area contributed by atoms with Crippen LogP contribution in [-0.2, 0) is 14.3 Å². The van der Waals surface area contributed by atoms with E-state index in [0.717, 1.165) is 32.1 Å². The highest BCUT2D eigenvalue weighted by Crippen LogP contribution is 2.35. The van der Waals surface area contributed by atoms with E-state index >= 15 is 0 Å². The number of methoxy groups -OCH3 is 2. The van der Waals surface area contributed by atoms with Crippen LogP contribution < -0.4 is 20.1 Å². The molecule has 0 atom stereocenters. The van der Waals surface area contributed by atoms with Gasteiger partial charge in [0.25, 0.3) is 5.91 Å². The van der Waals surface area contributed by atoms with Crippen molar-refractivity contribution in [3.05, 3.63) is 46.5 Å². The van der Waals surface area contributed by atoms with Gasteiger partial charge in [-0.2, -0.15) is 0 Å². The van der Waals surface area contributed by atoms with Gasteiger partial charge in [-0.1, -0.05) is 36.9 Å². The third kappa shape index (κ3) is 6.20. The number of anilines is 2. The van der Waals surface area contributed by atoms with Crippen molar-refractivity contribution in [2.24, 2.45) is 5.92 Å². The van der Waals surface area contributed by atoms with Crippen molar-refractivity contribution in [3.63, 3.8) is 0 Å². The molecule has 3 rings (SSSR count). The summed E-state index contributed by atoms with van der Waals surface area (Å²) in [6.45, 7) is 1.25. The lowest BCUT2D eigenvalue weighted by Gasteiger charge is -2.22. The van der Waals surface area contributed by atoms with Gasteiger partial charge < -0.3 is 24.8 Å². The average molecular weight is 489 g/mol. The van der Waals surface area contributed by atoms with Gasteiger partial charge in [0.1, 0.15) is 0 Å². The molecule has 0 aliphatic heterocycles. The first kappa shape index (κ1) is 25.4. The number of nitrogens with one attached hydrogen (secondary N) is 2. The molecule has 2 amide bonds. The molecule has 1 aliphatic rings. The summed E-state index contributed by atoms with van der Waals surface area (Å²) in [5.41, 5.74) is 1.54. The monoisotopic (exact) mass is 488 g/mol. The Morgan fingerprint density at radius 2 is 1.65 bits per heavy atom. The highest BCUT2D eigenvalue weighted by molar-refractivity contribution is 6.31. The Morgan fingerprint density at radius 3 is 2.32 bits per heavy atom. The molecular formula is C25H29ClN2O6. The summed E-state index contributed by atoms with van der Waals surface area (Å²) in [5.74, 6) is -0.922. The number of carbonyl (C=O) groups is 3. The molecule has 9 heteroatoms. The third-order valence-electron chi connectivity index (χ3n) is 5.85. The zero-order valence-corrected chi connectivity index (χ0v) is 20.3. The summed E-state index contributed by atoms with van der Waals surface area (Å²) in [4.78, 5) is 38.1. The Bertz CT molecular complexity index is 1070. The Balaban J connectivity index is 1.75. The first-order chi connectivity index (χ1) is 16.3. The molecule has 2 aromatic rings. The first-order valence-corrected chi connectivity index (χ1v) is 11.5. The summed E-state index contributed by atoms with van der Waals surface area (Å²) in [6.07, 6.45) is 4.73. The predicted molar refractivity (Wildman–Crippen MR) is 130 cm³/mol. The van der Waals surface area contributed by atoms with Crippen molar-refractivity contribution in [1.82, 2.24) is 0 Å². The number of hydrogen-bond acceptors (Lipinski definition) is 6. The van der Waals surface area contributed by atoms with Crippen LogP contribution in [0.5, 0.6) is 11.5 Å². The fraction of sp³-hybridized carbons (Fsp3) is 0.400. The van der Waals surface area contributed by atoms with Gasteiger partial charge in [0.05, 0.1) is 25.5 Å². The first-order valence-electron chi connectivity index (χ1n) is 11.1. The fourth-order valence-corrected chi connectivity index (χ4v) is 4.06. The van der Waals surface area contributed by atoms with Crippen LogP contribution in [0.1, 0.15) is 48.0 Å². The molecule has 0 aromatic heterocycles. The average Bonchev–Trinajstić information content (AvgIpc) is 2.85. The van der Waals surface area contributed by atoms with Crippen LogP contribution in [-0.4, -0.2) is 38.6 Å². The summed E-state index contributed by atoms with van der Waals surface area (Å²) in [6, 6.07) is 8.07. The normalized spacial score (nSPS) is 13.6. The molecule has 1 aliphatic carbocycles. The smallest absolute Gasteiger partial charge is 0.340 e. The van der Waals surface area contributed by atoms with Gasteiger partial charge in [-0.3, -0.25) is 9.59 Å². The maximum absolute atomic E-state index is 12.9. The Morgan fingerprint density at radius 1 is 0.971 bits per heavy atom. The fourth-order valence-electron chi connectivity index (χ4n) is 3.89. The topological polar surface area (TPSA) is 103 Å². The predicted octanol–water partition coefficient (Wildman–Crippen LogP) is 4.98. The van der Waals surface area contributed by atoms with Gasteiger partial charge in [0.2, 0.25) is 5.91 Å². The van der Waals surface area contributed by atoms with E-state index < -0.39 is 18.5 Å².